The van der Waals surface area contributed by atoms with E-state index in [9.17, 15) is 13.2 Å². The molecule has 1 rings (SSSR count). The van der Waals surface area contributed by atoms with Gasteiger partial charge in [0.25, 0.3) is 0 Å². The van der Waals surface area contributed by atoms with Gasteiger partial charge in [0.05, 0.1) is 11.5 Å². The monoisotopic (exact) mass is 300 g/mol. The van der Waals surface area contributed by atoms with Gasteiger partial charge in [-0.05, 0) is 31.2 Å². The number of hydrogen-bond acceptors (Lipinski definition) is 4. The number of benzene rings is 1. The Hall–Kier alpha value is -1.59. The first-order chi connectivity index (χ1) is 8.95. The highest BCUT2D eigenvalue weighted by molar-refractivity contribution is 7.94. The van der Waals surface area contributed by atoms with Crippen molar-refractivity contribution < 1.29 is 17.9 Å². The molecule has 0 bridgehead atoms. The molecule has 4 nitrogen and oxygen atoms in total. The lowest BCUT2D eigenvalue weighted by Gasteiger charge is -1.98. The molecule has 0 aliphatic heterocycles. The van der Waals surface area contributed by atoms with E-state index in [1.807, 2.05) is 0 Å². The number of ether oxygens (including phenoxy) is 1. The lowest BCUT2D eigenvalue weighted by atomic mass is 10.4. The van der Waals surface area contributed by atoms with E-state index in [1.54, 1.807) is 6.92 Å². The van der Waals surface area contributed by atoms with Gasteiger partial charge in [0.15, 0.2) is 9.84 Å². The first-order valence-electron chi connectivity index (χ1n) is 5.48. The van der Waals surface area contributed by atoms with Gasteiger partial charge in [-0.3, -0.25) is 0 Å². The Kier molecular flexibility index (Phi) is 5.79. The summed E-state index contributed by atoms with van der Waals surface area (Å²) in [6.45, 7) is 1.96. The highest BCUT2D eigenvalue weighted by atomic mass is 35.5. The molecule has 0 aliphatic rings. The zero-order valence-corrected chi connectivity index (χ0v) is 11.8. The highest BCUT2D eigenvalue weighted by Crippen LogP contribution is 2.16. The molecular weight excluding hydrogens is 288 g/mol. The maximum atomic E-state index is 11.8. The first kappa shape index (κ1) is 15.5. The predicted octanol–water partition coefficient (Wildman–Crippen LogP) is 2.75. The molecule has 0 heterocycles. The lowest BCUT2D eigenvalue weighted by molar-refractivity contribution is -0.137. The second kappa shape index (κ2) is 7.11. The molecule has 19 heavy (non-hydrogen) atoms. The van der Waals surface area contributed by atoms with Crippen LogP contribution < -0.4 is 0 Å². The Balaban J connectivity index is 2.75. The Morgan fingerprint density at radius 1 is 1.26 bits per heavy atom. The summed E-state index contributed by atoms with van der Waals surface area (Å²) in [5.74, 6) is -0.518. The Bertz CT molecular complexity index is 586. The fourth-order valence-electron chi connectivity index (χ4n) is 1.18. The van der Waals surface area contributed by atoms with Gasteiger partial charge < -0.3 is 4.74 Å². The van der Waals surface area contributed by atoms with Crippen LogP contribution in [0.5, 0.6) is 0 Å². The molecule has 0 saturated heterocycles. The van der Waals surface area contributed by atoms with Crippen LogP contribution in [0.1, 0.15) is 6.92 Å². The van der Waals surface area contributed by atoms with E-state index in [0.29, 0.717) is 5.02 Å². The minimum Gasteiger partial charge on any atom is -0.463 e. The van der Waals surface area contributed by atoms with Gasteiger partial charge >= 0.3 is 5.97 Å². The topological polar surface area (TPSA) is 60.4 Å². The lowest BCUT2D eigenvalue weighted by Crippen LogP contribution is -1.98. The van der Waals surface area contributed by atoms with Crippen molar-refractivity contribution in [3.8, 4) is 0 Å². The summed E-state index contributed by atoms with van der Waals surface area (Å²) in [7, 11) is -3.53. The van der Waals surface area contributed by atoms with Crippen molar-refractivity contribution in [3.05, 3.63) is 52.9 Å². The van der Waals surface area contributed by atoms with Gasteiger partial charge in [0.1, 0.15) is 0 Å². The Morgan fingerprint density at radius 3 is 2.47 bits per heavy atom. The van der Waals surface area contributed by atoms with Gasteiger partial charge in [-0.15, -0.1) is 0 Å². The summed E-state index contributed by atoms with van der Waals surface area (Å²) in [6.07, 6.45) is 3.73. The first-order valence-corrected chi connectivity index (χ1v) is 7.40. The molecule has 0 N–H and O–H groups in total. The van der Waals surface area contributed by atoms with E-state index in [-0.39, 0.29) is 11.5 Å². The van der Waals surface area contributed by atoms with Crippen molar-refractivity contribution >= 4 is 27.4 Å². The molecule has 6 heteroatoms. The number of hydrogen-bond donors (Lipinski definition) is 0. The molecule has 0 saturated carbocycles. The molecule has 0 aromatic heterocycles. The molecule has 102 valence electrons. The van der Waals surface area contributed by atoms with E-state index < -0.39 is 15.8 Å². The molecule has 1 aromatic carbocycles. The van der Waals surface area contributed by atoms with Crippen LogP contribution in [0.25, 0.3) is 0 Å². The van der Waals surface area contributed by atoms with Gasteiger partial charge in [-0.2, -0.15) is 0 Å². The molecule has 0 unspecified atom stereocenters. The van der Waals surface area contributed by atoms with Crippen molar-refractivity contribution in [1.82, 2.24) is 0 Å². The number of allylic oxidation sites excluding steroid dienone is 2. The normalized spacial score (nSPS) is 12.1. The van der Waals surface area contributed by atoms with Crippen molar-refractivity contribution in [3.63, 3.8) is 0 Å². The Labute approximate surface area is 117 Å². The predicted molar refractivity (Wildman–Crippen MR) is 73.6 cm³/mol. The van der Waals surface area contributed by atoms with Crippen LogP contribution >= 0.6 is 11.6 Å². The molecule has 1 aromatic rings. The summed E-state index contributed by atoms with van der Waals surface area (Å²) < 4.78 is 28.3. The highest BCUT2D eigenvalue weighted by Gasteiger charge is 2.08. The summed E-state index contributed by atoms with van der Waals surface area (Å²) in [5.41, 5.74) is 0. The van der Waals surface area contributed by atoms with E-state index >= 15 is 0 Å². The number of carbonyl (C=O) groups excluding carboxylic acids is 1. The maximum absolute atomic E-state index is 11.8. The molecule has 0 radical (unpaired) electrons. The second-order valence-electron chi connectivity index (χ2n) is 3.44. The maximum Gasteiger partial charge on any atom is 0.330 e. The fraction of sp³-hybridized carbons (Fsp3) is 0.154. The number of esters is 1. The summed E-state index contributed by atoms with van der Waals surface area (Å²) >= 11 is 5.68. The molecule has 0 fully saturated rings. The van der Waals surface area contributed by atoms with E-state index in [4.69, 9.17) is 11.6 Å². The molecule has 0 spiro atoms. The number of rotatable bonds is 5. The van der Waals surface area contributed by atoms with Gasteiger partial charge in [0, 0.05) is 16.5 Å². The zero-order valence-electron chi connectivity index (χ0n) is 10.2. The van der Waals surface area contributed by atoms with Crippen molar-refractivity contribution in [2.75, 3.05) is 6.61 Å². The standard InChI is InChI=1S/C13H13ClO4S/c1-2-18-13(15)5-3-4-10-19(16,17)12-8-6-11(14)7-9-12/h3-10H,2H2,1H3/b5-3+,10-4+. The number of sulfone groups is 1. The van der Waals surface area contributed by atoms with Crippen molar-refractivity contribution in [2.45, 2.75) is 11.8 Å². The van der Waals surface area contributed by atoms with Crippen LogP contribution in [0.4, 0.5) is 0 Å². The molecule has 0 amide bonds. The summed E-state index contributed by atoms with van der Waals surface area (Å²) in [4.78, 5) is 11.1. The minimum atomic E-state index is -3.53. The summed E-state index contributed by atoms with van der Waals surface area (Å²) in [6, 6.07) is 5.82. The zero-order chi connectivity index (χ0) is 14.3. The van der Waals surface area contributed by atoms with Crippen LogP contribution in [0.3, 0.4) is 0 Å². The van der Waals surface area contributed by atoms with Gasteiger partial charge in [-0.1, -0.05) is 23.8 Å². The molecule has 0 aliphatic carbocycles. The van der Waals surface area contributed by atoms with Gasteiger partial charge in [-0.25, -0.2) is 13.2 Å². The SMILES string of the molecule is CCOC(=O)/C=C/C=C/S(=O)(=O)c1ccc(Cl)cc1. The van der Waals surface area contributed by atoms with Crippen LogP contribution in [0.2, 0.25) is 5.02 Å². The van der Waals surface area contributed by atoms with Crippen molar-refractivity contribution in [1.29, 1.82) is 0 Å². The smallest absolute Gasteiger partial charge is 0.330 e. The van der Waals surface area contributed by atoms with E-state index in [2.05, 4.69) is 4.74 Å². The fourth-order valence-corrected chi connectivity index (χ4v) is 2.27. The largest absolute Gasteiger partial charge is 0.463 e. The van der Waals surface area contributed by atoms with Gasteiger partial charge in [0.2, 0.25) is 0 Å². The van der Waals surface area contributed by atoms with E-state index in [1.165, 1.54) is 36.4 Å². The number of carbonyl (C=O) groups is 1. The molecular formula is C13H13ClO4S. The number of halogens is 1. The second-order valence-corrected chi connectivity index (χ2v) is 5.71. The van der Waals surface area contributed by atoms with Crippen molar-refractivity contribution in [2.24, 2.45) is 0 Å². The molecule has 0 atom stereocenters. The summed E-state index contributed by atoms with van der Waals surface area (Å²) in [5, 5.41) is 1.47. The van der Waals surface area contributed by atoms with Crippen LogP contribution in [0, 0.1) is 0 Å². The van der Waals surface area contributed by atoms with Crippen LogP contribution in [0.15, 0.2) is 52.8 Å². The Morgan fingerprint density at radius 2 is 1.89 bits per heavy atom. The van der Waals surface area contributed by atoms with Crippen LogP contribution in [-0.4, -0.2) is 21.0 Å². The van der Waals surface area contributed by atoms with Crippen LogP contribution in [-0.2, 0) is 19.4 Å². The van der Waals surface area contributed by atoms with E-state index in [0.717, 1.165) is 11.5 Å². The average Bonchev–Trinajstić information content (AvgIpc) is 2.36. The third-order valence-corrected chi connectivity index (χ3v) is 3.73. The quantitative estimate of drug-likeness (QED) is 0.476. The third-order valence-electron chi connectivity index (χ3n) is 2.03. The third kappa shape index (κ3) is 5.28. The average molecular weight is 301 g/mol. The minimum absolute atomic E-state index is 0.137.